The van der Waals surface area contributed by atoms with E-state index in [0.717, 1.165) is 30.8 Å². The van der Waals surface area contributed by atoms with Crippen LogP contribution in [-0.4, -0.2) is 17.6 Å². The summed E-state index contributed by atoms with van der Waals surface area (Å²) in [7, 11) is 0. The molecule has 2 aromatic rings. The predicted octanol–water partition coefficient (Wildman–Crippen LogP) is 4.04. The Morgan fingerprint density at radius 2 is 2.00 bits per heavy atom. The monoisotopic (exact) mass is 284 g/mol. The molecule has 3 nitrogen and oxygen atoms in total. The van der Waals surface area contributed by atoms with Crippen molar-refractivity contribution in [2.24, 2.45) is 0 Å². The molecule has 21 heavy (non-hydrogen) atoms. The zero-order chi connectivity index (χ0) is 15.1. The van der Waals surface area contributed by atoms with Crippen molar-refractivity contribution in [3.63, 3.8) is 0 Å². The molecule has 112 valence electrons. The van der Waals surface area contributed by atoms with Crippen LogP contribution in [0.4, 0.5) is 0 Å². The standard InChI is InChI=1S/C18H24N2O/c1-4-9-19-11-15-7-5-6-8-18(15)16-10-17(13-20-12-16)21-14(2)3/h5-8,10,12-14,19H,4,9,11H2,1-3H3. The van der Waals surface area contributed by atoms with Gasteiger partial charge < -0.3 is 10.1 Å². The highest BCUT2D eigenvalue weighted by atomic mass is 16.5. The van der Waals surface area contributed by atoms with Gasteiger partial charge in [-0.3, -0.25) is 4.98 Å². The third-order valence-corrected chi connectivity index (χ3v) is 3.16. The lowest BCUT2D eigenvalue weighted by Crippen LogP contribution is -2.14. The summed E-state index contributed by atoms with van der Waals surface area (Å²) < 4.78 is 5.74. The number of pyridine rings is 1. The van der Waals surface area contributed by atoms with Gasteiger partial charge in [-0.1, -0.05) is 31.2 Å². The molecule has 0 unspecified atom stereocenters. The first kappa shape index (κ1) is 15.5. The number of benzene rings is 1. The van der Waals surface area contributed by atoms with Crippen molar-refractivity contribution >= 4 is 0 Å². The quantitative estimate of drug-likeness (QED) is 0.779. The minimum absolute atomic E-state index is 0.156. The molecule has 0 radical (unpaired) electrons. The number of nitrogens with zero attached hydrogens (tertiary/aromatic N) is 1. The summed E-state index contributed by atoms with van der Waals surface area (Å²) in [5.74, 6) is 0.818. The molecule has 0 fully saturated rings. The molecule has 0 spiro atoms. The molecule has 0 bridgehead atoms. The van der Waals surface area contributed by atoms with Crippen LogP contribution < -0.4 is 10.1 Å². The van der Waals surface area contributed by atoms with Crippen molar-refractivity contribution in [3.8, 4) is 16.9 Å². The highest BCUT2D eigenvalue weighted by molar-refractivity contribution is 5.67. The summed E-state index contributed by atoms with van der Waals surface area (Å²) in [6, 6.07) is 10.5. The first-order valence-corrected chi connectivity index (χ1v) is 7.61. The number of hydrogen-bond acceptors (Lipinski definition) is 3. The van der Waals surface area contributed by atoms with E-state index in [2.05, 4.69) is 47.6 Å². The van der Waals surface area contributed by atoms with E-state index in [0.29, 0.717) is 0 Å². The SMILES string of the molecule is CCCNCc1ccccc1-c1cncc(OC(C)C)c1. The first-order valence-electron chi connectivity index (χ1n) is 7.61. The zero-order valence-corrected chi connectivity index (χ0v) is 13.1. The van der Waals surface area contributed by atoms with Crippen molar-refractivity contribution in [2.75, 3.05) is 6.54 Å². The maximum atomic E-state index is 5.74. The zero-order valence-electron chi connectivity index (χ0n) is 13.1. The van der Waals surface area contributed by atoms with Crippen LogP contribution in [0, 0.1) is 0 Å². The first-order chi connectivity index (χ1) is 10.2. The predicted molar refractivity (Wildman–Crippen MR) is 87.4 cm³/mol. The van der Waals surface area contributed by atoms with Gasteiger partial charge in [0.15, 0.2) is 0 Å². The fourth-order valence-electron chi connectivity index (χ4n) is 2.26. The second-order valence-electron chi connectivity index (χ2n) is 5.41. The topological polar surface area (TPSA) is 34.2 Å². The van der Waals surface area contributed by atoms with Gasteiger partial charge in [0.1, 0.15) is 5.75 Å². The molecule has 0 aliphatic heterocycles. The molecule has 1 aromatic heterocycles. The third kappa shape index (κ3) is 4.57. The van der Waals surface area contributed by atoms with Gasteiger partial charge >= 0.3 is 0 Å². The number of ether oxygens (including phenoxy) is 1. The van der Waals surface area contributed by atoms with Gasteiger partial charge in [-0.25, -0.2) is 0 Å². The minimum Gasteiger partial charge on any atom is -0.489 e. The van der Waals surface area contributed by atoms with Crippen LogP contribution in [-0.2, 0) is 6.54 Å². The van der Waals surface area contributed by atoms with Gasteiger partial charge in [0.25, 0.3) is 0 Å². The van der Waals surface area contributed by atoms with E-state index < -0.39 is 0 Å². The average Bonchev–Trinajstić information content (AvgIpc) is 2.48. The van der Waals surface area contributed by atoms with Crippen molar-refractivity contribution in [2.45, 2.75) is 39.8 Å². The number of aromatic nitrogens is 1. The van der Waals surface area contributed by atoms with Crippen LogP contribution in [0.2, 0.25) is 0 Å². The van der Waals surface area contributed by atoms with Crippen LogP contribution in [0.1, 0.15) is 32.8 Å². The minimum atomic E-state index is 0.156. The molecular weight excluding hydrogens is 260 g/mol. The maximum Gasteiger partial charge on any atom is 0.138 e. The summed E-state index contributed by atoms with van der Waals surface area (Å²) in [6.07, 6.45) is 4.96. The van der Waals surface area contributed by atoms with E-state index in [1.54, 1.807) is 6.20 Å². The summed E-state index contributed by atoms with van der Waals surface area (Å²) in [5.41, 5.74) is 3.60. The van der Waals surface area contributed by atoms with Crippen LogP contribution >= 0.6 is 0 Å². The second-order valence-corrected chi connectivity index (χ2v) is 5.41. The summed E-state index contributed by atoms with van der Waals surface area (Å²) in [6.45, 7) is 8.13. The van der Waals surface area contributed by atoms with Crippen molar-refractivity contribution in [1.82, 2.24) is 10.3 Å². The van der Waals surface area contributed by atoms with Crippen LogP contribution in [0.25, 0.3) is 11.1 Å². The molecule has 0 aliphatic rings. The Balaban J connectivity index is 2.24. The Bertz CT molecular complexity index is 567. The van der Waals surface area contributed by atoms with E-state index >= 15 is 0 Å². The van der Waals surface area contributed by atoms with E-state index in [1.807, 2.05) is 20.0 Å². The lowest BCUT2D eigenvalue weighted by Gasteiger charge is -2.13. The molecule has 0 saturated carbocycles. The Hall–Kier alpha value is -1.87. The summed E-state index contributed by atoms with van der Waals surface area (Å²) >= 11 is 0. The normalized spacial score (nSPS) is 10.9. The largest absolute Gasteiger partial charge is 0.489 e. The molecule has 0 amide bonds. The smallest absolute Gasteiger partial charge is 0.138 e. The van der Waals surface area contributed by atoms with E-state index in [9.17, 15) is 0 Å². The molecule has 0 atom stereocenters. The Labute approximate surface area is 127 Å². The van der Waals surface area contributed by atoms with Crippen LogP contribution in [0.15, 0.2) is 42.7 Å². The van der Waals surface area contributed by atoms with E-state index in [1.165, 1.54) is 11.1 Å². The second kappa shape index (κ2) is 7.79. The fourth-order valence-corrected chi connectivity index (χ4v) is 2.26. The van der Waals surface area contributed by atoms with Gasteiger partial charge in [-0.05, 0) is 44.0 Å². The lowest BCUT2D eigenvalue weighted by atomic mass is 10.0. The number of hydrogen-bond donors (Lipinski definition) is 1. The van der Waals surface area contributed by atoms with Crippen molar-refractivity contribution in [3.05, 3.63) is 48.3 Å². The Kier molecular flexibility index (Phi) is 5.76. The lowest BCUT2D eigenvalue weighted by molar-refractivity contribution is 0.241. The maximum absolute atomic E-state index is 5.74. The Morgan fingerprint density at radius 3 is 2.76 bits per heavy atom. The molecule has 3 heteroatoms. The molecule has 0 aliphatic carbocycles. The summed E-state index contributed by atoms with van der Waals surface area (Å²) in [4.78, 5) is 4.31. The van der Waals surface area contributed by atoms with E-state index in [4.69, 9.17) is 4.74 Å². The molecule has 0 saturated heterocycles. The average molecular weight is 284 g/mol. The molecule has 2 rings (SSSR count). The van der Waals surface area contributed by atoms with Gasteiger partial charge in [0.05, 0.1) is 12.3 Å². The number of nitrogens with one attached hydrogen (secondary N) is 1. The van der Waals surface area contributed by atoms with Gasteiger partial charge in [-0.2, -0.15) is 0 Å². The fraction of sp³-hybridized carbons (Fsp3) is 0.389. The highest BCUT2D eigenvalue weighted by Gasteiger charge is 2.07. The highest BCUT2D eigenvalue weighted by Crippen LogP contribution is 2.26. The van der Waals surface area contributed by atoms with Crippen molar-refractivity contribution < 1.29 is 4.74 Å². The van der Waals surface area contributed by atoms with Gasteiger partial charge in [-0.15, -0.1) is 0 Å². The van der Waals surface area contributed by atoms with E-state index in [-0.39, 0.29) is 6.10 Å². The molecule has 1 N–H and O–H groups in total. The Morgan fingerprint density at radius 1 is 1.19 bits per heavy atom. The van der Waals surface area contributed by atoms with Gasteiger partial charge in [0, 0.05) is 18.3 Å². The van der Waals surface area contributed by atoms with Crippen LogP contribution in [0.5, 0.6) is 5.75 Å². The molecular formula is C18H24N2O. The molecule has 1 aromatic carbocycles. The molecule has 1 heterocycles. The third-order valence-electron chi connectivity index (χ3n) is 3.16. The summed E-state index contributed by atoms with van der Waals surface area (Å²) in [5, 5.41) is 3.46. The van der Waals surface area contributed by atoms with Crippen molar-refractivity contribution in [1.29, 1.82) is 0 Å². The van der Waals surface area contributed by atoms with Gasteiger partial charge in [0.2, 0.25) is 0 Å². The van der Waals surface area contributed by atoms with Crippen LogP contribution in [0.3, 0.4) is 0 Å². The number of rotatable bonds is 7.